The van der Waals surface area contributed by atoms with Crippen molar-refractivity contribution in [3.8, 4) is 11.5 Å². The van der Waals surface area contributed by atoms with Crippen molar-refractivity contribution in [2.45, 2.75) is 45.4 Å². The first-order valence-electron chi connectivity index (χ1n) is 9.77. The maximum atomic E-state index is 11.9. The zero-order valence-corrected chi connectivity index (χ0v) is 16.3. The van der Waals surface area contributed by atoms with Crippen molar-refractivity contribution < 1.29 is 23.9 Å². The first-order chi connectivity index (χ1) is 13.6. The summed E-state index contributed by atoms with van der Waals surface area (Å²) in [5, 5.41) is 2.58. The summed E-state index contributed by atoms with van der Waals surface area (Å²) in [6.07, 6.45) is 6.17. The molecule has 3 N–H and O–H groups in total. The minimum Gasteiger partial charge on any atom is -0.490 e. The number of hydrogen-bond donors (Lipinski definition) is 3. The number of para-hydroxylation sites is 2. The van der Waals surface area contributed by atoms with Crippen LogP contribution in [0.5, 0.6) is 11.5 Å². The Morgan fingerprint density at radius 2 is 1.57 bits per heavy atom. The quantitative estimate of drug-likeness (QED) is 0.556. The van der Waals surface area contributed by atoms with Gasteiger partial charge in [0, 0.05) is 6.42 Å². The van der Waals surface area contributed by atoms with Crippen molar-refractivity contribution >= 4 is 17.7 Å². The molecule has 8 heteroatoms. The Hall–Kier alpha value is -2.77. The lowest BCUT2D eigenvalue weighted by Crippen LogP contribution is -2.47. The van der Waals surface area contributed by atoms with E-state index in [0.717, 1.165) is 12.8 Å². The van der Waals surface area contributed by atoms with Gasteiger partial charge in [0.1, 0.15) is 0 Å². The molecule has 154 valence electrons. The van der Waals surface area contributed by atoms with Crippen molar-refractivity contribution in [2.75, 3.05) is 19.8 Å². The molecule has 8 nitrogen and oxygen atoms in total. The smallest absolute Gasteiger partial charge is 0.276 e. The lowest BCUT2D eigenvalue weighted by Gasteiger charge is -2.20. The summed E-state index contributed by atoms with van der Waals surface area (Å²) in [7, 11) is 0. The van der Waals surface area contributed by atoms with Crippen molar-refractivity contribution in [3.05, 3.63) is 24.3 Å². The molecule has 1 aliphatic carbocycles. The van der Waals surface area contributed by atoms with E-state index in [1.54, 1.807) is 24.3 Å². The predicted molar refractivity (Wildman–Crippen MR) is 104 cm³/mol. The SMILES string of the molecule is CCOc1ccccc1OCC(=O)NNC(=O)CNC(=O)CC1CCCCC1. The number of benzene rings is 1. The highest BCUT2D eigenvalue weighted by Crippen LogP contribution is 2.26. The summed E-state index contributed by atoms with van der Waals surface area (Å²) in [5.41, 5.74) is 4.51. The van der Waals surface area contributed by atoms with Gasteiger partial charge >= 0.3 is 0 Å². The molecule has 1 aliphatic rings. The van der Waals surface area contributed by atoms with Crippen LogP contribution in [0, 0.1) is 5.92 Å². The van der Waals surface area contributed by atoms with Gasteiger partial charge in [-0.25, -0.2) is 0 Å². The highest BCUT2D eigenvalue weighted by Gasteiger charge is 2.17. The van der Waals surface area contributed by atoms with Gasteiger partial charge in [-0.2, -0.15) is 0 Å². The van der Waals surface area contributed by atoms with E-state index in [4.69, 9.17) is 9.47 Å². The van der Waals surface area contributed by atoms with E-state index in [1.807, 2.05) is 6.92 Å². The minimum absolute atomic E-state index is 0.135. The van der Waals surface area contributed by atoms with Crippen LogP contribution in [0.15, 0.2) is 24.3 Å². The third-order valence-electron chi connectivity index (χ3n) is 4.49. The Labute approximate surface area is 165 Å². The van der Waals surface area contributed by atoms with Crippen LogP contribution in [0.3, 0.4) is 0 Å². The predicted octanol–water partition coefficient (Wildman–Crippen LogP) is 1.70. The monoisotopic (exact) mass is 391 g/mol. The second-order valence-corrected chi connectivity index (χ2v) is 6.75. The second-order valence-electron chi connectivity index (χ2n) is 6.75. The van der Waals surface area contributed by atoms with E-state index in [9.17, 15) is 14.4 Å². The minimum atomic E-state index is -0.520. The van der Waals surface area contributed by atoms with Gasteiger partial charge in [0.2, 0.25) is 5.91 Å². The molecule has 1 aromatic rings. The zero-order chi connectivity index (χ0) is 20.2. The molecule has 0 spiro atoms. The molecule has 1 aromatic carbocycles. The normalized spacial score (nSPS) is 14.0. The number of hydrazine groups is 1. The molecule has 0 aromatic heterocycles. The molecule has 0 unspecified atom stereocenters. The fourth-order valence-corrected chi connectivity index (χ4v) is 3.11. The van der Waals surface area contributed by atoms with Crippen molar-refractivity contribution in [2.24, 2.45) is 5.92 Å². The van der Waals surface area contributed by atoms with Gasteiger partial charge in [0.05, 0.1) is 13.2 Å². The summed E-state index contributed by atoms with van der Waals surface area (Å²) in [5.74, 6) is 0.244. The fraction of sp³-hybridized carbons (Fsp3) is 0.550. The molecule has 0 atom stereocenters. The van der Waals surface area contributed by atoms with Gasteiger partial charge in [0.25, 0.3) is 11.8 Å². The number of amides is 3. The molecule has 1 saturated carbocycles. The van der Waals surface area contributed by atoms with Gasteiger partial charge < -0.3 is 14.8 Å². The Kier molecular flexibility index (Phi) is 9.10. The first-order valence-corrected chi connectivity index (χ1v) is 9.77. The molecular weight excluding hydrogens is 362 g/mol. The molecule has 0 heterocycles. The number of nitrogens with one attached hydrogen (secondary N) is 3. The van der Waals surface area contributed by atoms with Gasteiger partial charge in [-0.05, 0) is 37.8 Å². The highest BCUT2D eigenvalue weighted by atomic mass is 16.5. The largest absolute Gasteiger partial charge is 0.490 e. The Bertz CT molecular complexity index is 659. The van der Waals surface area contributed by atoms with Crippen molar-refractivity contribution in [3.63, 3.8) is 0 Å². The van der Waals surface area contributed by atoms with Crippen LogP contribution in [-0.2, 0) is 14.4 Å². The third kappa shape index (κ3) is 7.85. The molecule has 2 rings (SSSR count). The van der Waals surface area contributed by atoms with E-state index in [0.29, 0.717) is 30.4 Å². The van der Waals surface area contributed by atoms with Crippen molar-refractivity contribution in [1.82, 2.24) is 16.2 Å². The molecule has 0 saturated heterocycles. The highest BCUT2D eigenvalue weighted by molar-refractivity contribution is 5.87. The number of carbonyl (C=O) groups excluding carboxylic acids is 3. The third-order valence-corrected chi connectivity index (χ3v) is 4.49. The number of carbonyl (C=O) groups is 3. The standard InChI is InChI=1S/C20H29N3O5/c1-2-27-16-10-6-7-11-17(16)28-14-20(26)23-22-19(25)13-21-18(24)12-15-8-4-3-5-9-15/h6-7,10-11,15H,2-5,8-9,12-14H2,1H3,(H,21,24)(H,22,25)(H,23,26). The second kappa shape index (κ2) is 11.8. The molecule has 0 radical (unpaired) electrons. The molecule has 1 fully saturated rings. The summed E-state index contributed by atoms with van der Waals surface area (Å²) in [4.78, 5) is 35.5. The Balaban J connectivity index is 1.61. The molecule has 3 amide bonds. The number of ether oxygens (including phenoxy) is 2. The first kappa shape index (κ1) is 21.5. The maximum absolute atomic E-state index is 11.9. The van der Waals surface area contributed by atoms with Crippen LogP contribution in [0.2, 0.25) is 0 Å². The number of hydrogen-bond acceptors (Lipinski definition) is 5. The van der Waals surface area contributed by atoms with E-state index in [2.05, 4.69) is 16.2 Å². The van der Waals surface area contributed by atoms with E-state index in [-0.39, 0.29) is 19.1 Å². The van der Waals surface area contributed by atoms with Crippen molar-refractivity contribution in [1.29, 1.82) is 0 Å². The van der Waals surface area contributed by atoms with Gasteiger partial charge in [-0.3, -0.25) is 25.2 Å². The fourth-order valence-electron chi connectivity index (χ4n) is 3.11. The maximum Gasteiger partial charge on any atom is 0.276 e. The molecule has 28 heavy (non-hydrogen) atoms. The van der Waals surface area contributed by atoms with E-state index in [1.165, 1.54) is 19.3 Å². The summed E-state index contributed by atoms with van der Waals surface area (Å²) < 4.78 is 10.8. The topological polar surface area (TPSA) is 106 Å². The lowest BCUT2D eigenvalue weighted by atomic mass is 9.87. The zero-order valence-electron chi connectivity index (χ0n) is 16.3. The van der Waals surface area contributed by atoms with Gasteiger partial charge in [-0.1, -0.05) is 31.4 Å². The van der Waals surface area contributed by atoms with E-state index < -0.39 is 11.8 Å². The Morgan fingerprint density at radius 1 is 0.929 bits per heavy atom. The Morgan fingerprint density at radius 3 is 2.25 bits per heavy atom. The average molecular weight is 391 g/mol. The molecule has 0 aliphatic heterocycles. The van der Waals surface area contributed by atoms with Gasteiger partial charge in [0.15, 0.2) is 18.1 Å². The molecule has 0 bridgehead atoms. The van der Waals surface area contributed by atoms with Crippen LogP contribution in [0.1, 0.15) is 45.4 Å². The van der Waals surface area contributed by atoms with Crippen LogP contribution in [-0.4, -0.2) is 37.5 Å². The van der Waals surface area contributed by atoms with Crippen LogP contribution >= 0.6 is 0 Å². The average Bonchev–Trinajstić information content (AvgIpc) is 2.71. The summed E-state index contributed by atoms with van der Waals surface area (Å²) >= 11 is 0. The lowest BCUT2D eigenvalue weighted by molar-refractivity contribution is -0.130. The number of rotatable bonds is 9. The van der Waals surface area contributed by atoms with Crippen LogP contribution in [0.4, 0.5) is 0 Å². The van der Waals surface area contributed by atoms with E-state index >= 15 is 0 Å². The van der Waals surface area contributed by atoms with Crippen LogP contribution in [0.25, 0.3) is 0 Å². The van der Waals surface area contributed by atoms with Gasteiger partial charge in [-0.15, -0.1) is 0 Å². The summed E-state index contributed by atoms with van der Waals surface area (Å²) in [6.45, 7) is 1.88. The molecular formula is C20H29N3O5. The van der Waals surface area contributed by atoms with Crippen LogP contribution < -0.4 is 25.6 Å². The summed E-state index contributed by atoms with van der Waals surface area (Å²) in [6, 6.07) is 7.02.